The Morgan fingerprint density at radius 2 is 2.14 bits per heavy atom. The number of nitrogens with zero attached hydrogens (tertiary/aromatic N) is 3. The van der Waals surface area contributed by atoms with Crippen LogP contribution in [0.4, 0.5) is 8.78 Å². The second-order valence-electron chi connectivity index (χ2n) is 4.81. The van der Waals surface area contributed by atoms with Crippen molar-refractivity contribution in [3.8, 4) is 0 Å². The summed E-state index contributed by atoms with van der Waals surface area (Å²) in [5, 5.41) is 6.24. The Labute approximate surface area is 121 Å². The van der Waals surface area contributed by atoms with Crippen LogP contribution in [0.3, 0.4) is 0 Å². The first-order valence-corrected chi connectivity index (χ1v) is 6.52. The van der Waals surface area contributed by atoms with Gasteiger partial charge in [0.05, 0.1) is 0 Å². The van der Waals surface area contributed by atoms with Gasteiger partial charge in [0.15, 0.2) is 0 Å². The van der Waals surface area contributed by atoms with Gasteiger partial charge in [-0.3, -0.25) is 9.78 Å². The minimum absolute atomic E-state index is 0.0284. The molecule has 7 heteroatoms. The molecular weight excluding hydrogens is 278 g/mol. The lowest BCUT2D eigenvalue weighted by molar-refractivity contribution is 0.0559. The molecule has 0 aliphatic carbocycles. The van der Waals surface area contributed by atoms with E-state index in [2.05, 4.69) is 15.4 Å². The van der Waals surface area contributed by atoms with E-state index in [1.165, 1.54) is 6.07 Å². The summed E-state index contributed by atoms with van der Waals surface area (Å²) in [6.07, 6.45) is 1.63. The number of carbonyl (C=O) groups excluding carboxylic acids is 1. The molecule has 0 bridgehead atoms. The molecule has 0 spiro atoms. The van der Waals surface area contributed by atoms with E-state index < -0.39 is 12.5 Å². The van der Waals surface area contributed by atoms with Gasteiger partial charge in [0, 0.05) is 30.0 Å². The molecule has 0 aliphatic rings. The van der Waals surface area contributed by atoms with Gasteiger partial charge in [0.25, 0.3) is 5.91 Å². The van der Waals surface area contributed by atoms with Crippen molar-refractivity contribution in [2.75, 3.05) is 0 Å². The van der Waals surface area contributed by atoms with Crippen LogP contribution in [0, 0.1) is 6.92 Å². The number of aryl methyl sites for hydroxylation is 1. The van der Waals surface area contributed by atoms with Gasteiger partial charge < -0.3 is 5.32 Å². The summed E-state index contributed by atoms with van der Waals surface area (Å²) in [5.74, 6) is -0.477. The number of pyridine rings is 1. The Bertz CT molecular complexity index is 627. The topological polar surface area (TPSA) is 59.8 Å². The van der Waals surface area contributed by atoms with E-state index in [-0.39, 0.29) is 11.7 Å². The van der Waals surface area contributed by atoms with Crippen molar-refractivity contribution in [3.05, 3.63) is 47.5 Å². The Balaban J connectivity index is 1.95. The van der Waals surface area contributed by atoms with E-state index in [0.29, 0.717) is 11.1 Å². The maximum atomic E-state index is 12.4. The lowest BCUT2D eigenvalue weighted by Crippen LogP contribution is -2.34. The lowest BCUT2D eigenvalue weighted by Gasteiger charge is -2.12. The summed E-state index contributed by atoms with van der Waals surface area (Å²) >= 11 is 0. The minimum atomic E-state index is -2.75. The summed E-state index contributed by atoms with van der Waals surface area (Å²) in [4.78, 5) is 16.2. The van der Waals surface area contributed by atoms with Crippen molar-refractivity contribution in [1.82, 2.24) is 20.1 Å². The number of rotatable bonds is 5. The molecule has 0 unspecified atom stereocenters. The summed E-state index contributed by atoms with van der Waals surface area (Å²) < 4.78 is 25.2. The number of aromatic nitrogens is 3. The predicted octanol–water partition coefficient (Wildman–Crippen LogP) is 2.34. The highest BCUT2D eigenvalue weighted by molar-refractivity contribution is 5.92. The van der Waals surface area contributed by atoms with Crippen LogP contribution in [0.15, 0.2) is 30.5 Å². The zero-order valence-electron chi connectivity index (χ0n) is 11.8. The maximum Gasteiger partial charge on any atom is 0.333 e. The summed E-state index contributed by atoms with van der Waals surface area (Å²) in [7, 11) is 0. The van der Waals surface area contributed by atoms with Gasteiger partial charge in [-0.15, -0.1) is 0 Å². The van der Waals surface area contributed by atoms with Crippen molar-refractivity contribution in [2.24, 2.45) is 0 Å². The number of hydrogen-bond acceptors (Lipinski definition) is 3. The Morgan fingerprint density at radius 3 is 2.76 bits per heavy atom. The van der Waals surface area contributed by atoms with E-state index in [9.17, 15) is 13.6 Å². The smallest absolute Gasteiger partial charge is 0.333 e. The van der Waals surface area contributed by atoms with Crippen LogP contribution in [0.2, 0.25) is 0 Å². The summed E-state index contributed by atoms with van der Waals surface area (Å²) in [6.45, 7) is 0.968. The molecule has 112 valence electrons. The first-order valence-electron chi connectivity index (χ1n) is 6.52. The van der Waals surface area contributed by atoms with Crippen molar-refractivity contribution in [2.45, 2.75) is 32.9 Å². The highest BCUT2D eigenvalue weighted by Gasteiger charge is 2.15. The molecule has 0 saturated carbocycles. The number of hydrogen-bond donors (Lipinski definition) is 1. The fourth-order valence-electron chi connectivity index (χ4n) is 1.94. The highest BCUT2D eigenvalue weighted by atomic mass is 19.3. The van der Waals surface area contributed by atoms with E-state index in [0.717, 1.165) is 17.6 Å². The molecule has 0 fully saturated rings. The van der Waals surface area contributed by atoms with E-state index in [1.807, 2.05) is 32.0 Å². The van der Waals surface area contributed by atoms with Crippen LogP contribution in [0.25, 0.3) is 0 Å². The Hall–Kier alpha value is -2.31. The number of nitrogens with one attached hydrogen (secondary N) is 1. The number of amides is 1. The standard InChI is InChI=1S/C14H16F2N4O/c1-9-4-3-5-11(17-9)8-10(2)18-13(21)12-6-7-20(19-12)14(15)16/h3-7,10,14H,8H2,1-2H3,(H,18,21)/t10-/m0/s1. The van der Waals surface area contributed by atoms with Gasteiger partial charge >= 0.3 is 6.55 Å². The van der Waals surface area contributed by atoms with Crippen molar-refractivity contribution < 1.29 is 13.6 Å². The van der Waals surface area contributed by atoms with Gasteiger partial charge in [-0.1, -0.05) is 6.07 Å². The van der Waals surface area contributed by atoms with Gasteiger partial charge in [-0.25, -0.2) is 4.68 Å². The molecule has 5 nitrogen and oxygen atoms in total. The average Bonchev–Trinajstić information content (AvgIpc) is 2.88. The second-order valence-corrected chi connectivity index (χ2v) is 4.81. The van der Waals surface area contributed by atoms with Crippen LogP contribution < -0.4 is 5.32 Å². The maximum absolute atomic E-state index is 12.4. The third kappa shape index (κ3) is 4.08. The van der Waals surface area contributed by atoms with E-state index in [4.69, 9.17) is 0 Å². The van der Waals surface area contributed by atoms with Gasteiger partial charge in [-0.05, 0) is 32.0 Å². The van der Waals surface area contributed by atoms with Crippen molar-refractivity contribution in [3.63, 3.8) is 0 Å². The van der Waals surface area contributed by atoms with Crippen LogP contribution >= 0.6 is 0 Å². The fourth-order valence-corrected chi connectivity index (χ4v) is 1.94. The third-order valence-corrected chi connectivity index (χ3v) is 2.88. The number of alkyl halides is 2. The lowest BCUT2D eigenvalue weighted by atomic mass is 10.1. The molecular formula is C14H16F2N4O. The monoisotopic (exact) mass is 294 g/mol. The molecule has 0 radical (unpaired) electrons. The molecule has 1 amide bonds. The molecule has 2 heterocycles. The molecule has 2 rings (SSSR count). The van der Waals surface area contributed by atoms with Crippen LogP contribution in [0.5, 0.6) is 0 Å². The molecule has 1 N–H and O–H groups in total. The fraction of sp³-hybridized carbons (Fsp3) is 0.357. The Kier molecular flexibility index (Phi) is 4.62. The molecule has 0 aromatic carbocycles. The first-order chi connectivity index (χ1) is 9.95. The van der Waals surface area contributed by atoms with Crippen LogP contribution in [-0.4, -0.2) is 26.7 Å². The quantitative estimate of drug-likeness (QED) is 0.920. The average molecular weight is 294 g/mol. The normalized spacial score (nSPS) is 12.4. The largest absolute Gasteiger partial charge is 0.348 e. The van der Waals surface area contributed by atoms with Crippen LogP contribution in [-0.2, 0) is 6.42 Å². The Morgan fingerprint density at radius 1 is 1.38 bits per heavy atom. The summed E-state index contributed by atoms with van der Waals surface area (Å²) in [6, 6.07) is 6.75. The van der Waals surface area contributed by atoms with Gasteiger partial charge in [-0.2, -0.15) is 13.9 Å². The van der Waals surface area contributed by atoms with Crippen LogP contribution in [0.1, 0.15) is 35.3 Å². The van der Waals surface area contributed by atoms with E-state index >= 15 is 0 Å². The summed E-state index contributed by atoms with van der Waals surface area (Å²) in [5.41, 5.74) is 1.74. The van der Waals surface area contributed by atoms with E-state index in [1.54, 1.807) is 0 Å². The zero-order chi connectivity index (χ0) is 15.4. The molecule has 2 aromatic rings. The van der Waals surface area contributed by atoms with Gasteiger partial charge in [0.2, 0.25) is 0 Å². The first kappa shape index (κ1) is 15.1. The zero-order valence-corrected chi connectivity index (χ0v) is 11.8. The minimum Gasteiger partial charge on any atom is -0.348 e. The highest BCUT2D eigenvalue weighted by Crippen LogP contribution is 2.09. The SMILES string of the molecule is Cc1cccc(C[C@H](C)NC(=O)c2ccn(C(F)F)n2)n1. The number of carbonyl (C=O) groups is 1. The predicted molar refractivity (Wildman–Crippen MR) is 73.1 cm³/mol. The molecule has 1 atom stereocenters. The number of halogens is 2. The molecule has 21 heavy (non-hydrogen) atoms. The van der Waals surface area contributed by atoms with Crippen molar-refractivity contribution in [1.29, 1.82) is 0 Å². The third-order valence-electron chi connectivity index (χ3n) is 2.88. The van der Waals surface area contributed by atoms with Gasteiger partial charge in [0.1, 0.15) is 5.69 Å². The second kappa shape index (κ2) is 6.43. The molecule has 2 aromatic heterocycles. The molecule has 0 saturated heterocycles. The van der Waals surface area contributed by atoms with Crippen molar-refractivity contribution >= 4 is 5.91 Å². The molecule has 0 aliphatic heterocycles.